The highest BCUT2D eigenvalue weighted by atomic mass is 16.5. The molecule has 140 valence electrons. The van der Waals surface area contributed by atoms with Crippen molar-refractivity contribution in [3.05, 3.63) is 72.1 Å². The number of hydrogen-bond donors (Lipinski definition) is 0. The summed E-state index contributed by atoms with van der Waals surface area (Å²) in [5.74, 6) is 0.777. The van der Waals surface area contributed by atoms with E-state index >= 15 is 0 Å². The molecule has 1 atom stereocenters. The molecule has 3 rings (SSSR count). The molecule has 0 fully saturated rings. The zero-order valence-corrected chi connectivity index (χ0v) is 15.5. The van der Waals surface area contributed by atoms with Crippen molar-refractivity contribution >= 4 is 5.91 Å². The lowest BCUT2D eigenvalue weighted by molar-refractivity contribution is -0.134. The summed E-state index contributed by atoms with van der Waals surface area (Å²) in [7, 11) is 1.77. The van der Waals surface area contributed by atoms with Crippen LogP contribution in [0.15, 0.2) is 60.9 Å². The van der Waals surface area contributed by atoms with E-state index in [1.54, 1.807) is 11.9 Å². The highest BCUT2D eigenvalue weighted by Crippen LogP contribution is 2.17. The average Bonchev–Trinajstić information content (AvgIpc) is 3.22. The maximum atomic E-state index is 13.0. The van der Waals surface area contributed by atoms with E-state index in [1.165, 1.54) is 11.0 Å². The van der Waals surface area contributed by atoms with Crippen LogP contribution in [0.3, 0.4) is 0 Å². The molecule has 1 amide bonds. The standard InChI is InChI=1S/C20H23N5O2/c1-16-8-6-7-11-19(16)27-13-12-24(2)20(26)18(25-15-21-22-23-25)14-17-9-4-3-5-10-17/h3-11,15,18H,12-14H2,1-2H3. The number of carbonyl (C=O) groups excluding carboxylic acids is 1. The van der Waals surface area contributed by atoms with Crippen LogP contribution in [0, 0.1) is 6.92 Å². The van der Waals surface area contributed by atoms with Gasteiger partial charge in [-0.25, -0.2) is 4.68 Å². The maximum Gasteiger partial charge on any atom is 0.247 e. The molecule has 0 bridgehead atoms. The minimum Gasteiger partial charge on any atom is -0.491 e. The SMILES string of the molecule is Cc1ccccc1OCCN(C)C(=O)C(Cc1ccccc1)n1cnnn1. The Kier molecular flexibility index (Phi) is 6.14. The van der Waals surface area contributed by atoms with Gasteiger partial charge in [-0.1, -0.05) is 48.5 Å². The van der Waals surface area contributed by atoms with E-state index in [2.05, 4.69) is 15.5 Å². The minimum absolute atomic E-state index is 0.0560. The zero-order valence-electron chi connectivity index (χ0n) is 15.5. The predicted octanol–water partition coefficient (Wildman–Crippen LogP) is 2.30. The van der Waals surface area contributed by atoms with Crippen molar-refractivity contribution in [2.24, 2.45) is 0 Å². The second-order valence-corrected chi connectivity index (χ2v) is 6.37. The summed E-state index contributed by atoms with van der Waals surface area (Å²) in [4.78, 5) is 14.7. The van der Waals surface area contributed by atoms with Crippen LogP contribution in [0.5, 0.6) is 5.75 Å². The minimum atomic E-state index is -0.495. The van der Waals surface area contributed by atoms with Gasteiger partial charge in [0.25, 0.3) is 0 Å². The molecule has 1 unspecified atom stereocenters. The first kappa shape index (κ1) is 18.6. The zero-order chi connectivity index (χ0) is 19.1. The van der Waals surface area contributed by atoms with Crippen LogP contribution in [-0.2, 0) is 11.2 Å². The Labute approximate surface area is 158 Å². The molecule has 0 spiro atoms. The van der Waals surface area contributed by atoms with E-state index in [4.69, 9.17) is 4.74 Å². The number of benzene rings is 2. The van der Waals surface area contributed by atoms with Gasteiger partial charge in [0, 0.05) is 13.5 Å². The molecule has 3 aromatic rings. The van der Waals surface area contributed by atoms with E-state index in [-0.39, 0.29) is 5.91 Å². The van der Waals surface area contributed by atoms with Crippen molar-refractivity contribution in [1.29, 1.82) is 0 Å². The van der Waals surface area contributed by atoms with Crippen molar-refractivity contribution < 1.29 is 9.53 Å². The molecule has 1 heterocycles. The normalized spacial score (nSPS) is 11.8. The lowest BCUT2D eigenvalue weighted by atomic mass is 10.1. The van der Waals surface area contributed by atoms with E-state index in [0.29, 0.717) is 19.6 Å². The Hall–Kier alpha value is -3.22. The molecule has 0 radical (unpaired) electrons. The Balaban J connectivity index is 1.63. The third kappa shape index (κ3) is 4.91. The number of para-hydroxylation sites is 1. The van der Waals surface area contributed by atoms with Crippen LogP contribution in [-0.4, -0.2) is 51.2 Å². The number of rotatable bonds is 8. The fourth-order valence-electron chi connectivity index (χ4n) is 2.82. The molecular formula is C20H23N5O2. The Morgan fingerprint density at radius 2 is 1.89 bits per heavy atom. The first-order valence-corrected chi connectivity index (χ1v) is 8.85. The Bertz CT molecular complexity index is 852. The second kappa shape index (κ2) is 8.93. The van der Waals surface area contributed by atoms with Gasteiger partial charge in [-0.05, 0) is 34.5 Å². The van der Waals surface area contributed by atoms with E-state index in [9.17, 15) is 4.79 Å². The van der Waals surface area contributed by atoms with Crippen LogP contribution in [0.4, 0.5) is 0 Å². The fourth-order valence-corrected chi connectivity index (χ4v) is 2.82. The summed E-state index contributed by atoms with van der Waals surface area (Å²) in [5.41, 5.74) is 2.12. The van der Waals surface area contributed by atoms with Gasteiger partial charge in [0.15, 0.2) is 0 Å². The number of carbonyl (C=O) groups is 1. The molecule has 0 saturated heterocycles. The molecule has 0 saturated carbocycles. The summed E-state index contributed by atoms with van der Waals surface area (Å²) in [5, 5.41) is 11.3. The highest BCUT2D eigenvalue weighted by Gasteiger charge is 2.25. The Morgan fingerprint density at radius 3 is 2.59 bits per heavy atom. The number of tetrazole rings is 1. The van der Waals surface area contributed by atoms with E-state index in [0.717, 1.165) is 16.9 Å². The number of aryl methyl sites for hydroxylation is 1. The summed E-state index contributed by atoms with van der Waals surface area (Å²) in [6, 6.07) is 17.2. The second-order valence-electron chi connectivity index (χ2n) is 6.37. The first-order chi connectivity index (χ1) is 13.1. The predicted molar refractivity (Wildman–Crippen MR) is 101 cm³/mol. The first-order valence-electron chi connectivity index (χ1n) is 8.85. The lowest BCUT2D eigenvalue weighted by Crippen LogP contribution is -2.38. The number of likely N-dealkylation sites (N-methyl/N-ethyl adjacent to an activating group) is 1. The van der Waals surface area contributed by atoms with Crippen LogP contribution in [0.25, 0.3) is 0 Å². The number of nitrogens with zero attached hydrogens (tertiary/aromatic N) is 5. The molecule has 0 aliphatic heterocycles. The number of aromatic nitrogens is 4. The smallest absolute Gasteiger partial charge is 0.247 e. The quantitative estimate of drug-likeness (QED) is 0.612. The third-order valence-corrected chi connectivity index (χ3v) is 4.40. The topological polar surface area (TPSA) is 73.1 Å². The largest absolute Gasteiger partial charge is 0.491 e. The molecule has 1 aromatic heterocycles. The van der Waals surface area contributed by atoms with Crippen LogP contribution in [0.2, 0.25) is 0 Å². The van der Waals surface area contributed by atoms with Gasteiger partial charge in [-0.3, -0.25) is 4.79 Å². The molecule has 7 heteroatoms. The molecular weight excluding hydrogens is 342 g/mol. The number of amides is 1. The van der Waals surface area contributed by atoms with Crippen LogP contribution >= 0.6 is 0 Å². The van der Waals surface area contributed by atoms with Crippen LogP contribution in [0.1, 0.15) is 17.2 Å². The van der Waals surface area contributed by atoms with Gasteiger partial charge in [-0.15, -0.1) is 5.10 Å². The number of ether oxygens (including phenoxy) is 1. The molecule has 0 aliphatic rings. The van der Waals surface area contributed by atoms with Crippen molar-refractivity contribution in [2.75, 3.05) is 20.2 Å². The number of hydrogen-bond acceptors (Lipinski definition) is 5. The summed E-state index contributed by atoms with van der Waals surface area (Å²) in [6.45, 7) is 2.89. The third-order valence-electron chi connectivity index (χ3n) is 4.40. The van der Waals surface area contributed by atoms with Crippen molar-refractivity contribution in [3.63, 3.8) is 0 Å². The summed E-state index contributed by atoms with van der Waals surface area (Å²) in [6.07, 6.45) is 2.00. The van der Waals surface area contributed by atoms with E-state index in [1.807, 2.05) is 61.5 Å². The highest BCUT2D eigenvalue weighted by molar-refractivity contribution is 5.80. The van der Waals surface area contributed by atoms with Gasteiger partial charge in [-0.2, -0.15) is 0 Å². The van der Waals surface area contributed by atoms with Gasteiger partial charge < -0.3 is 9.64 Å². The monoisotopic (exact) mass is 365 g/mol. The van der Waals surface area contributed by atoms with Crippen molar-refractivity contribution in [3.8, 4) is 5.75 Å². The molecule has 27 heavy (non-hydrogen) atoms. The fraction of sp³-hybridized carbons (Fsp3) is 0.300. The molecule has 0 N–H and O–H groups in total. The molecule has 7 nitrogen and oxygen atoms in total. The van der Waals surface area contributed by atoms with Gasteiger partial charge in [0.1, 0.15) is 24.7 Å². The lowest BCUT2D eigenvalue weighted by Gasteiger charge is -2.23. The summed E-state index contributed by atoms with van der Waals surface area (Å²) < 4.78 is 7.31. The molecule has 0 aliphatic carbocycles. The van der Waals surface area contributed by atoms with Crippen LogP contribution < -0.4 is 4.74 Å². The van der Waals surface area contributed by atoms with E-state index < -0.39 is 6.04 Å². The van der Waals surface area contributed by atoms with Crippen molar-refractivity contribution in [2.45, 2.75) is 19.4 Å². The molecule has 2 aromatic carbocycles. The van der Waals surface area contributed by atoms with Gasteiger partial charge in [0.2, 0.25) is 5.91 Å². The average molecular weight is 365 g/mol. The van der Waals surface area contributed by atoms with Crippen molar-refractivity contribution in [1.82, 2.24) is 25.1 Å². The van der Waals surface area contributed by atoms with Gasteiger partial charge in [0.05, 0.1) is 6.54 Å². The Morgan fingerprint density at radius 1 is 1.15 bits per heavy atom. The maximum absolute atomic E-state index is 13.0. The summed E-state index contributed by atoms with van der Waals surface area (Å²) >= 11 is 0. The van der Waals surface area contributed by atoms with Gasteiger partial charge >= 0.3 is 0 Å².